The van der Waals surface area contributed by atoms with Crippen molar-refractivity contribution in [2.24, 2.45) is 0 Å². The second-order valence-corrected chi connectivity index (χ2v) is 11.8. The summed E-state index contributed by atoms with van der Waals surface area (Å²) in [5.74, 6) is 1.81. The van der Waals surface area contributed by atoms with E-state index in [-0.39, 0.29) is 34.7 Å². The number of aromatic hydroxyl groups is 1. The molecule has 49 heavy (non-hydrogen) atoms. The van der Waals surface area contributed by atoms with Crippen LogP contribution in [0.1, 0.15) is 37.2 Å². The lowest BCUT2D eigenvalue weighted by atomic mass is 10.1. The molecular formula is C34H32BrCl2N9O3. The van der Waals surface area contributed by atoms with Crippen molar-refractivity contribution in [2.75, 3.05) is 17.2 Å². The van der Waals surface area contributed by atoms with Crippen molar-refractivity contribution in [3.8, 4) is 28.5 Å². The van der Waals surface area contributed by atoms with Crippen molar-refractivity contribution >= 4 is 56.6 Å². The maximum absolute atomic E-state index is 9.94. The summed E-state index contributed by atoms with van der Waals surface area (Å²) in [7, 11) is 0. The van der Waals surface area contributed by atoms with Gasteiger partial charge in [-0.3, -0.25) is 0 Å². The number of rotatable bonds is 7. The first-order chi connectivity index (χ1) is 23.5. The minimum absolute atomic E-state index is 0.126. The highest BCUT2D eigenvalue weighted by atomic mass is 79.9. The fraction of sp³-hybridized carbons (Fsp3) is 0.118. The number of hydrogen-bond acceptors (Lipinski definition) is 12. The van der Waals surface area contributed by atoms with E-state index in [0.717, 1.165) is 11.1 Å². The van der Waals surface area contributed by atoms with Crippen LogP contribution in [0, 0.1) is 0 Å². The van der Waals surface area contributed by atoms with Gasteiger partial charge in [0.1, 0.15) is 23.7 Å². The fourth-order valence-electron chi connectivity index (χ4n) is 4.08. The molecule has 0 fully saturated rings. The molecule has 7 N–H and O–H groups in total. The van der Waals surface area contributed by atoms with Gasteiger partial charge in [-0.15, -0.1) is 30.6 Å². The molecule has 0 radical (unpaired) electrons. The normalized spacial score (nSPS) is 11.5. The molecule has 252 valence electrons. The average molecular weight is 765 g/mol. The highest BCUT2D eigenvalue weighted by Gasteiger charge is 2.14. The SMILES string of the molecule is CC(Oc1cc(-c2ccccc2O)nnc1N)c1ccccc1.CC(Oc1cc(Cl)nnc1N)c1ccccc1.Nc1nnc(Cl)cc1Br. The molecule has 3 aromatic carbocycles. The quantitative estimate of drug-likeness (QED) is 0.123. The average Bonchev–Trinajstić information content (AvgIpc) is 3.11. The molecule has 0 aliphatic rings. The summed E-state index contributed by atoms with van der Waals surface area (Å²) in [6.45, 7) is 3.87. The zero-order valence-corrected chi connectivity index (χ0v) is 29.4. The summed E-state index contributed by atoms with van der Waals surface area (Å²) in [5, 5.41) is 32.9. The number of nitrogens with zero attached hydrogens (tertiary/aromatic N) is 6. The minimum atomic E-state index is -0.181. The maximum Gasteiger partial charge on any atom is 0.188 e. The Hall–Kier alpha value is -5.24. The summed E-state index contributed by atoms with van der Waals surface area (Å²) < 4.78 is 12.3. The zero-order chi connectivity index (χ0) is 35.3. The molecule has 0 aliphatic carbocycles. The molecule has 0 saturated carbocycles. The second-order valence-electron chi connectivity index (χ2n) is 10.2. The molecule has 6 rings (SSSR count). The molecular weight excluding hydrogens is 733 g/mol. The number of aromatic nitrogens is 6. The Morgan fingerprint density at radius 2 is 1.04 bits per heavy atom. The van der Waals surface area contributed by atoms with Crippen molar-refractivity contribution in [3.63, 3.8) is 0 Å². The van der Waals surface area contributed by atoms with Crippen LogP contribution in [0.3, 0.4) is 0 Å². The molecule has 12 nitrogen and oxygen atoms in total. The monoisotopic (exact) mass is 763 g/mol. The van der Waals surface area contributed by atoms with Crippen molar-refractivity contribution in [3.05, 3.63) is 129 Å². The molecule has 6 aromatic rings. The molecule has 3 aromatic heterocycles. The van der Waals surface area contributed by atoms with E-state index in [1.165, 1.54) is 0 Å². The second kappa shape index (κ2) is 17.8. The first kappa shape index (κ1) is 36.6. The maximum atomic E-state index is 9.94. The number of phenols is 1. The first-order valence-electron chi connectivity index (χ1n) is 14.6. The molecule has 3 heterocycles. The van der Waals surface area contributed by atoms with Gasteiger partial charge < -0.3 is 31.8 Å². The number of hydrogen-bond donors (Lipinski definition) is 4. The summed E-state index contributed by atoms with van der Waals surface area (Å²) in [4.78, 5) is 0. The number of ether oxygens (including phenoxy) is 2. The molecule has 0 spiro atoms. The van der Waals surface area contributed by atoms with Crippen LogP contribution in [0.4, 0.5) is 17.5 Å². The van der Waals surface area contributed by atoms with Gasteiger partial charge >= 0.3 is 0 Å². The van der Waals surface area contributed by atoms with Crippen LogP contribution in [0.15, 0.2) is 108 Å². The Kier molecular flexibility index (Phi) is 13.3. The summed E-state index contributed by atoms with van der Waals surface area (Å²) in [6, 6.07) is 31.4. The van der Waals surface area contributed by atoms with E-state index in [4.69, 9.17) is 49.9 Å². The Morgan fingerprint density at radius 3 is 1.55 bits per heavy atom. The summed E-state index contributed by atoms with van der Waals surface area (Å²) in [6.07, 6.45) is -0.307. The Bertz CT molecular complexity index is 1960. The number of nitrogens with two attached hydrogens (primary N) is 3. The summed E-state index contributed by atoms with van der Waals surface area (Å²) >= 11 is 14.3. The lowest BCUT2D eigenvalue weighted by Gasteiger charge is -2.16. The van der Waals surface area contributed by atoms with Crippen molar-refractivity contribution < 1.29 is 14.6 Å². The minimum Gasteiger partial charge on any atom is -0.507 e. The predicted molar refractivity (Wildman–Crippen MR) is 195 cm³/mol. The number of para-hydroxylation sites is 1. The summed E-state index contributed by atoms with van der Waals surface area (Å²) in [5.41, 5.74) is 20.0. The van der Waals surface area contributed by atoms with Crippen molar-refractivity contribution in [1.29, 1.82) is 0 Å². The van der Waals surface area contributed by atoms with E-state index in [1.54, 1.807) is 36.4 Å². The largest absolute Gasteiger partial charge is 0.507 e. The van der Waals surface area contributed by atoms with Crippen LogP contribution in [-0.2, 0) is 0 Å². The van der Waals surface area contributed by atoms with Crippen LogP contribution in [0.2, 0.25) is 10.3 Å². The third kappa shape index (κ3) is 10.9. The van der Waals surface area contributed by atoms with Crippen LogP contribution in [0.25, 0.3) is 11.3 Å². The van der Waals surface area contributed by atoms with Gasteiger partial charge in [0.05, 0.1) is 4.47 Å². The number of phenolic OH excluding ortho intramolecular Hbond substituents is 1. The predicted octanol–water partition coefficient (Wildman–Crippen LogP) is 7.90. The molecule has 2 atom stereocenters. The highest BCUT2D eigenvalue weighted by Crippen LogP contribution is 2.33. The van der Waals surface area contributed by atoms with Gasteiger partial charge in [-0.25, -0.2) is 0 Å². The lowest BCUT2D eigenvalue weighted by Crippen LogP contribution is -2.07. The van der Waals surface area contributed by atoms with E-state index in [9.17, 15) is 5.11 Å². The molecule has 0 bridgehead atoms. The van der Waals surface area contributed by atoms with Gasteiger partial charge in [-0.1, -0.05) is 96.0 Å². The van der Waals surface area contributed by atoms with Gasteiger partial charge in [-0.2, -0.15) is 0 Å². The third-order valence-electron chi connectivity index (χ3n) is 6.61. The Balaban J connectivity index is 0.000000182. The van der Waals surface area contributed by atoms with E-state index < -0.39 is 0 Å². The van der Waals surface area contributed by atoms with Crippen LogP contribution < -0.4 is 26.7 Å². The number of benzene rings is 3. The number of nitrogen functional groups attached to an aromatic ring is 3. The van der Waals surface area contributed by atoms with Gasteiger partial charge in [-0.05, 0) is 59.1 Å². The van der Waals surface area contributed by atoms with E-state index in [2.05, 4.69) is 46.5 Å². The number of anilines is 3. The number of halogens is 3. The molecule has 0 aliphatic heterocycles. The molecule has 0 saturated heterocycles. The Morgan fingerprint density at radius 1 is 0.592 bits per heavy atom. The van der Waals surface area contributed by atoms with Crippen LogP contribution >= 0.6 is 39.1 Å². The van der Waals surface area contributed by atoms with Crippen LogP contribution in [-0.4, -0.2) is 35.7 Å². The van der Waals surface area contributed by atoms with E-state index in [0.29, 0.717) is 38.2 Å². The first-order valence-corrected chi connectivity index (χ1v) is 16.1. The van der Waals surface area contributed by atoms with Gasteiger partial charge in [0.15, 0.2) is 39.3 Å². The molecule has 0 amide bonds. The van der Waals surface area contributed by atoms with Crippen molar-refractivity contribution in [2.45, 2.75) is 26.1 Å². The highest BCUT2D eigenvalue weighted by molar-refractivity contribution is 9.10. The molecule has 15 heteroatoms. The third-order valence-corrected chi connectivity index (χ3v) is 7.62. The van der Waals surface area contributed by atoms with Gasteiger partial charge in [0.2, 0.25) is 0 Å². The van der Waals surface area contributed by atoms with E-state index >= 15 is 0 Å². The van der Waals surface area contributed by atoms with Crippen molar-refractivity contribution in [1.82, 2.24) is 30.6 Å². The standard InChI is InChI=1S/C18H17N3O2.C12H12ClN3O.C4H3BrClN3/c1-12(13-7-3-2-4-8-13)23-17-11-15(20-21-18(17)19)14-9-5-6-10-16(14)22;1-8(9-5-3-2-4-6-9)17-10-7-11(13)15-16-12(10)14;5-2-1-3(6)8-9-4(2)7/h2-12,22H,1H3,(H2,19,21);2-8H,1H3,(H2,14,16);1H,(H2,7,9). The topological polar surface area (TPSA) is 194 Å². The zero-order valence-electron chi connectivity index (χ0n) is 26.3. The Labute approximate surface area is 301 Å². The van der Waals surface area contributed by atoms with E-state index in [1.807, 2.05) is 80.6 Å². The van der Waals surface area contributed by atoms with Gasteiger partial charge in [0, 0.05) is 17.7 Å². The fourth-order valence-corrected chi connectivity index (χ4v) is 4.79. The smallest absolute Gasteiger partial charge is 0.188 e. The van der Waals surface area contributed by atoms with Crippen LogP contribution in [0.5, 0.6) is 17.2 Å². The molecule has 2 unspecified atom stereocenters. The lowest BCUT2D eigenvalue weighted by molar-refractivity contribution is 0.227. The van der Waals surface area contributed by atoms with Gasteiger partial charge in [0.25, 0.3) is 0 Å².